The number of piperazine rings is 1. The van der Waals surface area contributed by atoms with Crippen molar-refractivity contribution in [2.75, 3.05) is 31.1 Å². The summed E-state index contributed by atoms with van der Waals surface area (Å²) < 4.78 is 0. The first-order valence-corrected chi connectivity index (χ1v) is 6.22. The average molecular weight is 249 g/mol. The summed E-state index contributed by atoms with van der Waals surface area (Å²) in [5.74, 6) is 0.136. The van der Waals surface area contributed by atoms with E-state index in [1.54, 1.807) is 20.0 Å². The number of aliphatic hydroxyl groups excluding tert-OH is 1. The Bertz CT molecular complexity index is 409. The van der Waals surface area contributed by atoms with E-state index in [0.29, 0.717) is 5.69 Å². The van der Waals surface area contributed by atoms with Gasteiger partial charge in [-0.1, -0.05) is 0 Å². The number of nitrogens with zero attached hydrogens (tertiary/aromatic N) is 3. The Morgan fingerprint density at radius 1 is 1.33 bits per heavy atom. The lowest BCUT2D eigenvalue weighted by atomic mass is 10.2. The summed E-state index contributed by atoms with van der Waals surface area (Å²) in [7, 11) is 0. The molecule has 1 saturated heterocycles. The Labute approximate surface area is 107 Å². The van der Waals surface area contributed by atoms with Crippen molar-refractivity contribution in [2.24, 2.45) is 0 Å². The summed E-state index contributed by atoms with van der Waals surface area (Å²) in [6.07, 6.45) is 1.25. The molecular formula is C13H19N3O2. The van der Waals surface area contributed by atoms with Crippen LogP contribution in [-0.2, 0) is 4.79 Å². The van der Waals surface area contributed by atoms with E-state index in [1.165, 1.54) is 0 Å². The fourth-order valence-electron chi connectivity index (χ4n) is 2.11. The SMILES string of the molecule is CC(=O)N1CCN(c2ccc([C@@H](C)O)nc2)CC1. The molecule has 2 rings (SSSR count). The maximum absolute atomic E-state index is 11.2. The average Bonchev–Trinajstić information content (AvgIpc) is 2.39. The van der Waals surface area contributed by atoms with Gasteiger partial charge in [0.1, 0.15) is 0 Å². The number of carbonyl (C=O) groups excluding carboxylic acids is 1. The van der Waals surface area contributed by atoms with E-state index in [2.05, 4.69) is 9.88 Å². The first kappa shape index (κ1) is 12.8. The van der Waals surface area contributed by atoms with E-state index < -0.39 is 6.10 Å². The van der Waals surface area contributed by atoms with Gasteiger partial charge in [-0.15, -0.1) is 0 Å². The second-order valence-corrected chi connectivity index (χ2v) is 4.61. The molecule has 1 aliphatic heterocycles. The van der Waals surface area contributed by atoms with Gasteiger partial charge < -0.3 is 14.9 Å². The van der Waals surface area contributed by atoms with Crippen molar-refractivity contribution in [1.82, 2.24) is 9.88 Å². The van der Waals surface area contributed by atoms with E-state index in [1.807, 2.05) is 17.0 Å². The lowest BCUT2D eigenvalue weighted by Gasteiger charge is -2.35. The van der Waals surface area contributed by atoms with Crippen LogP contribution in [0.2, 0.25) is 0 Å². The molecule has 5 nitrogen and oxygen atoms in total. The number of carbonyl (C=O) groups is 1. The monoisotopic (exact) mass is 249 g/mol. The third kappa shape index (κ3) is 2.79. The summed E-state index contributed by atoms with van der Waals surface area (Å²) in [5.41, 5.74) is 1.73. The topological polar surface area (TPSA) is 56.7 Å². The molecular weight excluding hydrogens is 230 g/mol. The quantitative estimate of drug-likeness (QED) is 0.842. The van der Waals surface area contributed by atoms with Crippen LogP contribution in [0.1, 0.15) is 25.6 Å². The van der Waals surface area contributed by atoms with Crippen molar-refractivity contribution >= 4 is 11.6 Å². The largest absolute Gasteiger partial charge is 0.387 e. The maximum atomic E-state index is 11.2. The number of hydrogen-bond acceptors (Lipinski definition) is 4. The molecule has 5 heteroatoms. The molecule has 2 heterocycles. The number of aromatic nitrogens is 1. The van der Waals surface area contributed by atoms with E-state index >= 15 is 0 Å². The molecule has 0 aromatic carbocycles. The smallest absolute Gasteiger partial charge is 0.219 e. The van der Waals surface area contributed by atoms with Crippen molar-refractivity contribution < 1.29 is 9.90 Å². The van der Waals surface area contributed by atoms with Crippen LogP contribution in [0.25, 0.3) is 0 Å². The molecule has 1 aromatic heterocycles. The Hall–Kier alpha value is -1.62. The fraction of sp³-hybridized carbons (Fsp3) is 0.538. The van der Waals surface area contributed by atoms with E-state index in [-0.39, 0.29) is 5.91 Å². The number of aliphatic hydroxyl groups is 1. The molecule has 18 heavy (non-hydrogen) atoms. The standard InChI is InChI=1S/C13H19N3O2/c1-10(17)13-4-3-12(9-14-13)16-7-5-15(6-8-16)11(2)18/h3-4,9-10,17H,5-8H2,1-2H3/t10-/m1/s1. The van der Waals surface area contributed by atoms with Gasteiger partial charge in [0, 0.05) is 33.1 Å². The van der Waals surface area contributed by atoms with E-state index in [0.717, 1.165) is 31.9 Å². The molecule has 1 aliphatic rings. The first-order valence-electron chi connectivity index (χ1n) is 6.22. The zero-order chi connectivity index (χ0) is 13.1. The second kappa shape index (κ2) is 5.35. The summed E-state index contributed by atoms with van der Waals surface area (Å²) >= 11 is 0. The Kier molecular flexibility index (Phi) is 3.81. The first-order chi connectivity index (χ1) is 8.58. The van der Waals surface area contributed by atoms with Crippen LogP contribution in [0.3, 0.4) is 0 Å². The Balaban J connectivity index is 1.99. The van der Waals surface area contributed by atoms with Gasteiger partial charge in [-0.25, -0.2) is 0 Å². The van der Waals surface area contributed by atoms with Crippen molar-refractivity contribution in [3.63, 3.8) is 0 Å². The van der Waals surface area contributed by atoms with Crippen LogP contribution in [-0.4, -0.2) is 47.1 Å². The molecule has 1 fully saturated rings. The van der Waals surface area contributed by atoms with Crippen LogP contribution < -0.4 is 4.90 Å². The predicted octanol–water partition coefficient (Wildman–Crippen LogP) is 0.803. The summed E-state index contributed by atoms with van der Waals surface area (Å²) in [6, 6.07) is 3.82. The maximum Gasteiger partial charge on any atom is 0.219 e. The van der Waals surface area contributed by atoms with E-state index in [4.69, 9.17) is 0 Å². The third-order valence-electron chi connectivity index (χ3n) is 3.29. The molecule has 0 unspecified atom stereocenters. The lowest BCUT2D eigenvalue weighted by molar-refractivity contribution is -0.129. The van der Waals surface area contributed by atoms with Gasteiger partial charge in [0.25, 0.3) is 0 Å². The summed E-state index contributed by atoms with van der Waals surface area (Å²) in [5, 5.41) is 9.40. The van der Waals surface area contributed by atoms with Crippen molar-refractivity contribution in [3.05, 3.63) is 24.0 Å². The van der Waals surface area contributed by atoms with Crippen molar-refractivity contribution in [3.8, 4) is 0 Å². The Morgan fingerprint density at radius 3 is 2.44 bits per heavy atom. The molecule has 0 bridgehead atoms. The van der Waals surface area contributed by atoms with Crippen LogP contribution in [0.15, 0.2) is 18.3 Å². The highest BCUT2D eigenvalue weighted by Crippen LogP contribution is 2.17. The lowest BCUT2D eigenvalue weighted by Crippen LogP contribution is -2.48. The molecule has 1 amide bonds. The van der Waals surface area contributed by atoms with Gasteiger partial charge in [-0.3, -0.25) is 9.78 Å². The molecule has 1 N–H and O–H groups in total. The second-order valence-electron chi connectivity index (χ2n) is 4.61. The zero-order valence-electron chi connectivity index (χ0n) is 10.8. The molecule has 0 aliphatic carbocycles. The Morgan fingerprint density at radius 2 is 2.00 bits per heavy atom. The van der Waals surface area contributed by atoms with Gasteiger partial charge in [-0.2, -0.15) is 0 Å². The van der Waals surface area contributed by atoms with Gasteiger partial charge >= 0.3 is 0 Å². The molecule has 0 saturated carbocycles. The molecule has 1 atom stereocenters. The fourth-order valence-corrected chi connectivity index (χ4v) is 2.11. The highest BCUT2D eigenvalue weighted by atomic mass is 16.3. The predicted molar refractivity (Wildman–Crippen MR) is 69.3 cm³/mol. The minimum atomic E-state index is -0.534. The van der Waals surface area contributed by atoms with Crippen LogP contribution in [0, 0.1) is 0 Å². The minimum absolute atomic E-state index is 0.136. The highest BCUT2D eigenvalue weighted by molar-refractivity contribution is 5.73. The zero-order valence-corrected chi connectivity index (χ0v) is 10.8. The van der Waals surface area contributed by atoms with Crippen molar-refractivity contribution in [2.45, 2.75) is 20.0 Å². The van der Waals surface area contributed by atoms with Crippen molar-refractivity contribution in [1.29, 1.82) is 0 Å². The van der Waals surface area contributed by atoms with Gasteiger partial charge in [0.05, 0.1) is 23.7 Å². The van der Waals surface area contributed by atoms with Gasteiger partial charge in [-0.05, 0) is 19.1 Å². The molecule has 98 valence electrons. The number of pyridine rings is 1. The number of anilines is 1. The molecule has 0 radical (unpaired) electrons. The van der Waals surface area contributed by atoms with Gasteiger partial charge in [0.2, 0.25) is 5.91 Å². The summed E-state index contributed by atoms with van der Waals surface area (Å²) in [4.78, 5) is 19.5. The van der Waals surface area contributed by atoms with Crippen LogP contribution in [0.4, 0.5) is 5.69 Å². The van der Waals surface area contributed by atoms with Crippen LogP contribution in [0.5, 0.6) is 0 Å². The number of hydrogen-bond donors (Lipinski definition) is 1. The molecule has 0 spiro atoms. The normalized spacial score (nSPS) is 17.7. The van der Waals surface area contributed by atoms with Gasteiger partial charge in [0.15, 0.2) is 0 Å². The van der Waals surface area contributed by atoms with Crippen LogP contribution >= 0.6 is 0 Å². The number of rotatable bonds is 2. The summed E-state index contributed by atoms with van der Waals surface area (Å²) in [6.45, 7) is 6.48. The third-order valence-corrected chi connectivity index (χ3v) is 3.29. The number of amides is 1. The minimum Gasteiger partial charge on any atom is -0.387 e. The highest BCUT2D eigenvalue weighted by Gasteiger charge is 2.18. The molecule has 1 aromatic rings. The van der Waals surface area contributed by atoms with E-state index in [9.17, 15) is 9.90 Å².